The molecule has 0 unspecified atom stereocenters. The van der Waals surface area contributed by atoms with Gasteiger partial charge in [-0.3, -0.25) is 9.88 Å². The minimum Gasteiger partial charge on any atom is -0.454 e. The van der Waals surface area contributed by atoms with Gasteiger partial charge in [0.1, 0.15) is 0 Å². The first kappa shape index (κ1) is 18.2. The van der Waals surface area contributed by atoms with Crippen molar-refractivity contribution in [3.63, 3.8) is 0 Å². The Morgan fingerprint density at radius 2 is 1.89 bits per heavy atom. The van der Waals surface area contributed by atoms with Crippen LogP contribution < -0.4 is 9.47 Å². The SMILES string of the molecule is Cc1cccc(CN2CCCN(S(=O)(=O)c3ccc4c(c3)OCO4)CC2)n1. The summed E-state index contributed by atoms with van der Waals surface area (Å²) in [4.78, 5) is 7.06. The summed E-state index contributed by atoms with van der Waals surface area (Å²) in [6.45, 7) is 5.34. The molecule has 144 valence electrons. The lowest BCUT2D eigenvalue weighted by Gasteiger charge is -2.21. The van der Waals surface area contributed by atoms with Crippen LogP contribution in [0.3, 0.4) is 0 Å². The molecule has 1 aromatic heterocycles. The van der Waals surface area contributed by atoms with Gasteiger partial charge in [0.25, 0.3) is 0 Å². The largest absolute Gasteiger partial charge is 0.454 e. The van der Waals surface area contributed by atoms with Crippen molar-refractivity contribution in [1.82, 2.24) is 14.2 Å². The third-order valence-electron chi connectivity index (χ3n) is 4.86. The number of hydrogen-bond donors (Lipinski definition) is 0. The van der Waals surface area contributed by atoms with Crippen LogP contribution in [0.5, 0.6) is 11.5 Å². The molecule has 0 N–H and O–H groups in total. The molecule has 2 aliphatic rings. The van der Waals surface area contributed by atoms with Gasteiger partial charge in [-0.05, 0) is 44.2 Å². The highest BCUT2D eigenvalue weighted by molar-refractivity contribution is 7.89. The van der Waals surface area contributed by atoms with Gasteiger partial charge in [-0.2, -0.15) is 4.31 Å². The van der Waals surface area contributed by atoms with E-state index in [1.54, 1.807) is 22.5 Å². The van der Waals surface area contributed by atoms with Gasteiger partial charge in [0.15, 0.2) is 11.5 Å². The molecule has 0 bridgehead atoms. The van der Waals surface area contributed by atoms with Crippen molar-refractivity contribution in [1.29, 1.82) is 0 Å². The van der Waals surface area contributed by atoms with Gasteiger partial charge in [-0.25, -0.2) is 8.42 Å². The number of ether oxygens (including phenoxy) is 2. The summed E-state index contributed by atoms with van der Waals surface area (Å²) in [6, 6.07) is 10.8. The highest BCUT2D eigenvalue weighted by Crippen LogP contribution is 2.34. The Morgan fingerprint density at radius 1 is 1.04 bits per heavy atom. The van der Waals surface area contributed by atoms with Gasteiger partial charge < -0.3 is 9.47 Å². The third-order valence-corrected chi connectivity index (χ3v) is 6.76. The van der Waals surface area contributed by atoms with Crippen LogP contribution in [0, 0.1) is 6.92 Å². The Labute approximate surface area is 159 Å². The summed E-state index contributed by atoms with van der Waals surface area (Å²) in [5.74, 6) is 1.07. The normalized spacial score (nSPS) is 18.4. The summed E-state index contributed by atoms with van der Waals surface area (Å²) in [6.07, 6.45) is 0.787. The average molecular weight is 389 g/mol. The van der Waals surface area contributed by atoms with Crippen molar-refractivity contribution in [2.45, 2.75) is 24.8 Å². The van der Waals surface area contributed by atoms with Crippen LogP contribution in [-0.2, 0) is 16.6 Å². The standard InChI is InChI=1S/C19H23N3O4S/c1-15-4-2-5-16(20-15)13-21-8-3-9-22(11-10-21)27(23,24)17-6-7-18-19(12-17)26-14-25-18/h2,4-7,12H,3,8-11,13-14H2,1H3. The summed E-state index contributed by atoms with van der Waals surface area (Å²) in [5, 5.41) is 0. The smallest absolute Gasteiger partial charge is 0.243 e. The Kier molecular flexibility index (Phi) is 5.03. The lowest BCUT2D eigenvalue weighted by Crippen LogP contribution is -2.35. The number of benzene rings is 1. The molecule has 1 saturated heterocycles. The lowest BCUT2D eigenvalue weighted by molar-refractivity contribution is 0.174. The number of hydrogen-bond acceptors (Lipinski definition) is 6. The molecule has 27 heavy (non-hydrogen) atoms. The maximum Gasteiger partial charge on any atom is 0.243 e. The fraction of sp³-hybridized carbons (Fsp3) is 0.421. The Balaban J connectivity index is 1.45. The molecule has 3 heterocycles. The first-order valence-electron chi connectivity index (χ1n) is 9.07. The molecule has 0 atom stereocenters. The van der Waals surface area contributed by atoms with Crippen molar-refractivity contribution < 1.29 is 17.9 Å². The summed E-state index contributed by atoms with van der Waals surface area (Å²) in [7, 11) is -3.55. The second-order valence-corrected chi connectivity index (χ2v) is 8.76. The van der Waals surface area contributed by atoms with Crippen molar-refractivity contribution in [2.75, 3.05) is 33.0 Å². The summed E-state index contributed by atoms with van der Waals surface area (Å²) >= 11 is 0. The average Bonchev–Trinajstić information content (AvgIpc) is 2.99. The maximum absolute atomic E-state index is 13.0. The molecule has 0 radical (unpaired) electrons. The van der Waals surface area contributed by atoms with E-state index in [2.05, 4.69) is 9.88 Å². The minimum atomic E-state index is -3.55. The van der Waals surface area contributed by atoms with Crippen LogP contribution in [0.2, 0.25) is 0 Å². The molecule has 0 spiro atoms. The molecule has 8 heteroatoms. The zero-order chi connectivity index (χ0) is 18.9. The fourth-order valence-electron chi connectivity index (χ4n) is 3.45. The molecule has 4 rings (SSSR count). The van der Waals surface area contributed by atoms with Gasteiger partial charge in [0.05, 0.1) is 10.6 Å². The lowest BCUT2D eigenvalue weighted by atomic mass is 10.3. The van der Waals surface area contributed by atoms with Crippen LogP contribution >= 0.6 is 0 Å². The molecule has 0 aliphatic carbocycles. The van der Waals surface area contributed by atoms with Gasteiger partial charge >= 0.3 is 0 Å². The molecule has 2 aliphatic heterocycles. The van der Waals surface area contributed by atoms with Crippen LogP contribution in [-0.4, -0.2) is 55.6 Å². The van der Waals surface area contributed by atoms with E-state index in [-0.39, 0.29) is 11.7 Å². The third kappa shape index (κ3) is 3.92. The molecular formula is C19H23N3O4S. The van der Waals surface area contributed by atoms with E-state index in [0.717, 1.165) is 30.9 Å². The van der Waals surface area contributed by atoms with Crippen molar-refractivity contribution in [3.8, 4) is 11.5 Å². The van der Waals surface area contributed by atoms with Crippen LogP contribution in [0.4, 0.5) is 0 Å². The summed E-state index contributed by atoms with van der Waals surface area (Å²) in [5.41, 5.74) is 2.01. The number of aryl methyl sites for hydroxylation is 1. The second-order valence-electron chi connectivity index (χ2n) is 6.82. The topological polar surface area (TPSA) is 72.0 Å². The Bertz CT molecular complexity index is 932. The molecule has 2 aromatic rings. The van der Waals surface area contributed by atoms with E-state index >= 15 is 0 Å². The van der Waals surface area contributed by atoms with E-state index in [4.69, 9.17) is 9.47 Å². The predicted molar refractivity (Wildman–Crippen MR) is 100 cm³/mol. The molecule has 1 fully saturated rings. The minimum absolute atomic E-state index is 0.129. The quantitative estimate of drug-likeness (QED) is 0.797. The van der Waals surface area contributed by atoms with E-state index in [1.165, 1.54) is 0 Å². The first-order valence-corrected chi connectivity index (χ1v) is 10.5. The van der Waals surface area contributed by atoms with E-state index in [1.807, 2.05) is 25.1 Å². The van der Waals surface area contributed by atoms with Crippen molar-refractivity contribution in [3.05, 3.63) is 47.8 Å². The van der Waals surface area contributed by atoms with Gasteiger partial charge in [-0.1, -0.05) is 6.07 Å². The number of sulfonamides is 1. The van der Waals surface area contributed by atoms with E-state index in [0.29, 0.717) is 31.1 Å². The van der Waals surface area contributed by atoms with E-state index in [9.17, 15) is 8.42 Å². The Morgan fingerprint density at radius 3 is 2.74 bits per heavy atom. The van der Waals surface area contributed by atoms with Gasteiger partial charge in [0.2, 0.25) is 16.8 Å². The maximum atomic E-state index is 13.0. The molecule has 1 aromatic carbocycles. The highest BCUT2D eigenvalue weighted by atomic mass is 32.2. The number of fused-ring (bicyclic) bond motifs is 1. The van der Waals surface area contributed by atoms with Crippen LogP contribution in [0.25, 0.3) is 0 Å². The van der Waals surface area contributed by atoms with Gasteiger partial charge in [0, 0.05) is 37.9 Å². The van der Waals surface area contributed by atoms with Crippen molar-refractivity contribution in [2.24, 2.45) is 0 Å². The molecule has 0 saturated carbocycles. The molecule has 0 amide bonds. The first-order chi connectivity index (χ1) is 13.0. The van der Waals surface area contributed by atoms with Crippen molar-refractivity contribution >= 4 is 10.0 Å². The second kappa shape index (κ2) is 7.46. The van der Waals surface area contributed by atoms with Crippen LogP contribution in [0.1, 0.15) is 17.8 Å². The Hall–Kier alpha value is -2.16. The number of aromatic nitrogens is 1. The van der Waals surface area contributed by atoms with E-state index < -0.39 is 10.0 Å². The zero-order valence-electron chi connectivity index (χ0n) is 15.3. The fourth-order valence-corrected chi connectivity index (χ4v) is 4.93. The highest BCUT2D eigenvalue weighted by Gasteiger charge is 2.28. The van der Waals surface area contributed by atoms with Gasteiger partial charge in [-0.15, -0.1) is 0 Å². The molecule has 7 nitrogen and oxygen atoms in total. The molecular weight excluding hydrogens is 366 g/mol. The monoisotopic (exact) mass is 389 g/mol. The number of pyridine rings is 1. The predicted octanol–water partition coefficient (Wildman–Crippen LogP) is 2.02. The summed E-state index contributed by atoms with van der Waals surface area (Å²) < 4.78 is 38.2. The number of rotatable bonds is 4. The van der Waals surface area contributed by atoms with Crippen LogP contribution in [0.15, 0.2) is 41.3 Å². The zero-order valence-corrected chi connectivity index (χ0v) is 16.1. The number of nitrogens with zero attached hydrogens (tertiary/aromatic N) is 3.